The number of hydrogen-bond donors (Lipinski definition) is 0. The predicted octanol–water partition coefficient (Wildman–Crippen LogP) is -0.503. The normalized spacial score (nSPS) is 11.1. The lowest BCUT2D eigenvalue weighted by Crippen LogP contribution is -2.19. The molecule has 1 aromatic carbocycles. The Kier molecular flexibility index (Phi) is 3.12. The molecule has 0 spiro atoms. The molecule has 1 aromatic rings. The van der Waals surface area contributed by atoms with Crippen LogP contribution in [0.4, 0.5) is 0 Å². The van der Waals surface area contributed by atoms with E-state index in [4.69, 9.17) is 4.74 Å². The van der Waals surface area contributed by atoms with Crippen molar-refractivity contribution in [2.45, 2.75) is 0 Å². The highest BCUT2D eigenvalue weighted by Crippen LogP contribution is 2.22. The molecule has 0 aromatic heterocycles. The summed E-state index contributed by atoms with van der Waals surface area (Å²) in [6.45, 7) is 0. The lowest BCUT2D eigenvalue weighted by molar-refractivity contribution is -0.297. The van der Waals surface area contributed by atoms with E-state index in [0.717, 1.165) is 6.08 Å². The highest BCUT2D eigenvalue weighted by Gasteiger charge is 2.00. The molecule has 14 heavy (non-hydrogen) atoms. The van der Waals surface area contributed by atoms with Crippen LogP contribution in [0.2, 0.25) is 0 Å². The molecule has 4 nitrogen and oxygen atoms in total. The van der Waals surface area contributed by atoms with Gasteiger partial charge in [0, 0.05) is 11.6 Å². The van der Waals surface area contributed by atoms with E-state index in [9.17, 15) is 15.0 Å². The second-order valence-electron chi connectivity index (χ2n) is 2.53. The first-order valence-corrected chi connectivity index (χ1v) is 3.88. The molecular weight excluding hydrogens is 184 g/mol. The fourth-order valence-corrected chi connectivity index (χ4v) is 1.02. The van der Waals surface area contributed by atoms with Gasteiger partial charge in [-0.2, -0.15) is 0 Å². The first-order chi connectivity index (χ1) is 6.65. The van der Waals surface area contributed by atoms with Crippen molar-refractivity contribution in [2.24, 2.45) is 0 Å². The van der Waals surface area contributed by atoms with E-state index in [1.807, 2.05) is 0 Å². The molecule has 0 aliphatic rings. The van der Waals surface area contributed by atoms with Gasteiger partial charge in [0.15, 0.2) is 0 Å². The van der Waals surface area contributed by atoms with Crippen molar-refractivity contribution >= 4 is 11.7 Å². The van der Waals surface area contributed by atoms with E-state index >= 15 is 0 Å². The zero-order valence-electron chi connectivity index (χ0n) is 7.52. The maximum absolute atomic E-state index is 11.3. The lowest BCUT2D eigenvalue weighted by atomic mass is 10.1. The van der Waals surface area contributed by atoms with Crippen molar-refractivity contribution in [3.8, 4) is 5.75 Å². The molecule has 0 saturated carbocycles. The van der Waals surface area contributed by atoms with Gasteiger partial charge >= 0.3 is 0 Å². The Morgan fingerprint density at radius 1 is 1.43 bits per heavy atom. The summed E-state index contributed by atoms with van der Waals surface area (Å²) < 4.78 is 4.77. The number of carbonyl (C=O) groups is 1. The van der Waals surface area contributed by atoms with Crippen molar-refractivity contribution in [1.82, 2.24) is 0 Å². The Morgan fingerprint density at radius 2 is 2.07 bits per heavy atom. The third-order valence-corrected chi connectivity index (χ3v) is 1.62. The average molecular weight is 192 g/mol. The molecular formula is C10H8O4-2. The van der Waals surface area contributed by atoms with Gasteiger partial charge in [-0.3, -0.25) is 0 Å². The van der Waals surface area contributed by atoms with Gasteiger partial charge in [0.05, 0.1) is 13.1 Å². The average Bonchev–Trinajstić information content (AvgIpc) is 2.15. The number of ether oxygens (including phenoxy) is 1. The van der Waals surface area contributed by atoms with Crippen LogP contribution in [0.15, 0.2) is 30.3 Å². The maximum atomic E-state index is 11.3. The van der Waals surface area contributed by atoms with Crippen LogP contribution in [0.5, 0.6) is 5.75 Å². The summed E-state index contributed by atoms with van der Waals surface area (Å²) in [7, 11) is 1.29. The van der Waals surface area contributed by atoms with E-state index in [2.05, 4.69) is 0 Å². The Hall–Kier alpha value is -1.97. The monoisotopic (exact) mass is 192 g/mol. The number of para-hydroxylation sites is 1. The number of methoxy groups -OCH3 is 1. The Balaban J connectivity index is 3.13. The standard InChI is InChI=1S/C10H10O4/c1-14-9(6-10(12)13)7-4-2-3-5-8(7)11/h2-6,11H,1H3,(H,12,13)/p-2/b9-6+. The van der Waals surface area contributed by atoms with Crippen LogP contribution in [0, 0.1) is 0 Å². The van der Waals surface area contributed by atoms with Crippen molar-refractivity contribution in [3.05, 3.63) is 35.9 Å². The molecule has 0 aliphatic heterocycles. The number of benzene rings is 1. The summed E-state index contributed by atoms with van der Waals surface area (Å²) in [6, 6.07) is 6.01. The van der Waals surface area contributed by atoms with Gasteiger partial charge in [0.2, 0.25) is 0 Å². The van der Waals surface area contributed by atoms with Crippen LogP contribution >= 0.6 is 0 Å². The predicted molar refractivity (Wildman–Crippen MR) is 45.9 cm³/mol. The molecule has 1 rings (SSSR count). The Bertz CT molecular complexity index is 368. The Morgan fingerprint density at radius 3 is 2.57 bits per heavy atom. The van der Waals surface area contributed by atoms with E-state index in [1.54, 1.807) is 12.1 Å². The zero-order chi connectivity index (χ0) is 10.6. The molecule has 0 atom stereocenters. The van der Waals surface area contributed by atoms with Gasteiger partial charge in [-0.25, -0.2) is 0 Å². The van der Waals surface area contributed by atoms with E-state index in [1.165, 1.54) is 19.2 Å². The first kappa shape index (κ1) is 10.1. The number of rotatable bonds is 3. The van der Waals surface area contributed by atoms with Crippen LogP contribution in [-0.2, 0) is 9.53 Å². The highest BCUT2D eigenvalue weighted by atomic mass is 16.5. The number of carboxylic acids is 1. The fraction of sp³-hybridized carbons (Fsp3) is 0.100. The SMILES string of the molecule is CO/C(=C/C(=O)[O-])c1ccccc1[O-]. The largest absolute Gasteiger partial charge is 0.872 e. The van der Waals surface area contributed by atoms with Gasteiger partial charge in [-0.15, -0.1) is 0 Å². The summed E-state index contributed by atoms with van der Waals surface area (Å²) in [5, 5.41) is 21.6. The van der Waals surface area contributed by atoms with Crippen LogP contribution in [0.25, 0.3) is 5.76 Å². The highest BCUT2D eigenvalue weighted by molar-refractivity contribution is 5.87. The lowest BCUT2D eigenvalue weighted by Gasteiger charge is -2.15. The molecule has 0 aliphatic carbocycles. The molecule has 0 fully saturated rings. The number of hydrogen-bond acceptors (Lipinski definition) is 4. The van der Waals surface area contributed by atoms with Gasteiger partial charge in [-0.05, 0) is 0 Å². The molecule has 0 unspecified atom stereocenters. The quantitative estimate of drug-likeness (QED) is 0.478. The summed E-state index contributed by atoms with van der Waals surface area (Å²) >= 11 is 0. The van der Waals surface area contributed by atoms with Crippen LogP contribution in [0.1, 0.15) is 5.56 Å². The van der Waals surface area contributed by atoms with Crippen molar-refractivity contribution < 1.29 is 19.7 Å². The van der Waals surface area contributed by atoms with Crippen LogP contribution < -0.4 is 10.2 Å². The number of carboxylic acid groups (broad SMARTS) is 1. The van der Waals surface area contributed by atoms with E-state index in [-0.39, 0.29) is 17.1 Å². The molecule has 0 amide bonds. The van der Waals surface area contributed by atoms with Crippen molar-refractivity contribution in [3.63, 3.8) is 0 Å². The zero-order valence-corrected chi connectivity index (χ0v) is 7.52. The topological polar surface area (TPSA) is 72.4 Å². The smallest absolute Gasteiger partial charge is 0.127 e. The summed E-state index contributed by atoms with van der Waals surface area (Å²) in [5.41, 5.74) is 0.208. The molecule has 0 N–H and O–H groups in total. The molecule has 74 valence electrons. The minimum Gasteiger partial charge on any atom is -0.872 e. The van der Waals surface area contributed by atoms with Gasteiger partial charge < -0.3 is 19.7 Å². The van der Waals surface area contributed by atoms with Gasteiger partial charge in [0.25, 0.3) is 0 Å². The maximum Gasteiger partial charge on any atom is 0.127 e. The Labute approximate surface area is 81.1 Å². The molecule has 0 radical (unpaired) electrons. The fourth-order valence-electron chi connectivity index (χ4n) is 1.02. The number of aliphatic carboxylic acids is 1. The second kappa shape index (κ2) is 4.32. The summed E-state index contributed by atoms with van der Waals surface area (Å²) in [6.07, 6.45) is 0.747. The third-order valence-electron chi connectivity index (χ3n) is 1.62. The summed E-state index contributed by atoms with van der Waals surface area (Å²) in [4.78, 5) is 10.3. The molecule has 0 heterocycles. The molecule has 4 heteroatoms. The first-order valence-electron chi connectivity index (χ1n) is 3.88. The van der Waals surface area contributed by atoms with E-state index < -0.39 is 5.97 Å². The van der Waals surface area contributed by atoms with Crippen LogP contribution in [0.3, 0.4) is 0 Å². The minimum atomic E-state index is -1.40. The van der Waals surface area contributed by atoms with Crippen molar-refractivity contribution in [1.29, 1.82) is 0 Å². The van der Waals surface area contributed by atoms with Gasteiger partial charge in [-0.1, -0.05) is 30.0 Å². The van der Waals surface area contributed by atoms with Gasteiger partial charge in [0.1, 0.15) is 5.76 Å². The minimum absolute atomic E-state index is 0.00407. The molecule has 0 bridgehead atoms. The van der Waals surface area contributed by atoms with E-state index in [0.29, 0.717) is 0 Å². The third kappa shape index (κ3) is 2.26. The van der Waals surface area contributed by atoms with Crippen molar-refractivity contribution in [2.75, 3.05) is 7.11 Å². The van der Waals surface area contributed by atoms with Crippen LogP contribution in [-0.4, -0.2) is 13.1 Å². The summed E-state index contributed by atoms with van der Waals surface area (Å²) in [5.74, 6) is -1.69. The molecule has 0 saturated heterocycles. The number of carbonyl (C=O) groups excluding carboxylic acids is 1. The second-order valence-corrected chi connectivity index (χ2v) is 2.53.